The largest absolute Gasteiger partial charge is 0.484 e. The number of non-ortho nitro benzene ring substituents is 1. The van der Waals surface area contributed by atoms with E-state index in [0.29, 0.717) is 17.0 Å². The maximum atomic E-state index is 11.9. The molecule has 0 radical (unpaired) electrons. The normalized spacial score (nSPS) is 11.2. The maximum Gasteiger partial charge on any atom is 0.277 e. The number of ether oxygens (including phenoxy) is 1. The van der Waals surface area contributed by atoms with E-state index >= 15 is 0 Å². The van der Waals surface area contributed by atoms with Crippen LogP contribution in [0.5, 0.6) is 5.75 Å². The highest BCUT2D eigenvalue weighted by molar-refractivity contribution is 5.99. The fourth-order valence-electron chi connectivity index (χ4n) is 2.49. The molecule has 1 N–H and O–H groups in total. The molecular formula is C20H17N3O4. The van der Waals surface area contributed by atoms with Gasteiger partial charge in [-0.05, 0) is 29.8 Å². The van der Waals surface area contributed by atoms with Gasteiger partial charge in [0.25, 0.3) is 11.6 Å². The first-order valence-electron chi connectivity index (χ1n) is 8.22. The molecule has 7 nitrogen and oxygen atoms in total. The number of nitrogens with zero attached hydrogens (tertiary/aromatic N) is 2. The number of rotatable bonds is 6. The van der Waals surface area contributed by atoms with Gasteiger partial charge >= 0.3 is 0 Å². The third-order valence-electron chi connectivity index (χ3n) is 3.91. The number of hydrogen-bond acceptors (Lipinski definition) is 5. The van der Waals surface area contributed by atoms with Crippen molar-refractivity contribution in [1.82, 2.24) is 5.43 Å². The molecular weight excluding hydrogens is 346 g/mol. The summed E-state index contributed by atoms with van der Waals surface area (Å²) in [5, 5.41) is 16.9. The van der Waals surface area contributed by atoms with Crippen LogP contribution >= 0.6 is 0 Å². The van der Waals surface area contributed by atoms with Crippen LogP contribution in [0.4, 0.5) is 5.69 Å². The third-order valence-corrected chi connectivity index (χ3v) is 3.91. The summed E-state index contributed by atoms with van der Waals surface area (Å²) >= 11 is 0. The van der Waals surface area contributed by atoms with Crippen molar-refractivity contribution in [3.63, 3.8) is 0 Å². The summed E-state index contributed by atoms with van der Waals surface area (Å²) in [6, 6.07) is 19.5. The molecule has 136 valence electrons. The molecule has 7 heteroatoms. The van der Waals surface area contributed by atoms with E-state index in [1.807, 2.05) is 36.4 Å². The maximum absolute atomic E-state index is 11.9. The zero-order valence-electron chi connectivity index (χ0n) is 14.6. The zero-order valence-corrected chi connectivity index (χ0v) is 14.6. The number of nitro benzene ring substituents is 1. The average Bonchev–Trinajstić information content (AvgIpc) is 2.70. The highest BCUT2D eigenvalue weighted by atomic mass is 16.6. The molecule has 0 unspecified atom stereocenters. The average molecular weight is 363 g/mol. The third kappa shape index (κ3) is 4.66. The highest BCUT2D eigenvalue weighted by Gasteiger charge is 2.08. The molecule has 0 fully saturated rings. The van der Waals surface area contributed by atoms with Gasteiger partial charge in [-0.25, -0.2) is 5.43 Å². The number of carbonyl (C=O) groups excluding carboxylic acids is 1. The predicted octanol–water partition coefficient (Wildman–Crippen LogP) is 3.67. The van der Waals surface area contributed by atoms with Crippen molar-refractivity contribution in [2.45, 2.75) is 6.92 Å². The molecule has 1 amide bonds. The van der Waals surface area contributed by atoms with E-state index < -0.39 is 10.8 Å². The number of nitro groups is 1. The molecule has 3 aromatic rings. The minimum absolute atomic E-state index is 0.0342. The molecule has 0 saturated carbocycles. The Hall–Kier alpha value is -3.74. The van der Waals surface area contributed by atoms with Crippen molar-refractivity contribution in [3.8, 4) is 5.75 Å². The van der Waals surface area contributed by atoms with Crippen molar-refractivity contribution in [3.05, 3.63) is 82.4 Å². The molecule has 0 atom stereocenters. The lowest BCUT2D eigenvalue weighted by molar-refractivity contribution is -0.384. The molecule has 27 heavy (non-hydrogen) atoms. The lowest BCUT2D eigenvalue weighted by Gasteiger charge is -2.07. The van der Waals surface area contributed by atoms with Gasteiger partial charge in [0.1, 0.15) is 5.75 Å². The summed E-state index contributed by atoms with van der Waals surface area (Å²) in [5.74, 6) is 0.163. The highest BCUT2D eigenvalue weighted by Crippen LogP contribution is 2.20. The van der Waals surface area contributed by atoms with Crippen LogP contribution in [0.2, 0.25) is 0 Å². The molecule has 3 aromatic carbocycles. The van der Waals surface area contributed by atoms with Crippen LogP contribution in [0.3, 0.4) is 0 Å². The van der Waals surface area contributed by atoms with Crippen LogP contribution in [0.15, 0.2) is 71.8 Å². The molecule has 0 spiro atoms. The van der Waals surface area contributed by atoms with E-state index in [4.69, 9.17) is 4.74 Å². The minimum atomic E-state index is -0.479. The molecule has 0 saturated heterocycles. The number of amides is 1. The van der Waals surface area contributed by atoms with Crippen molar-refractivity contribution in [2.75, 3.05) is 6.61 Å². The standard InChI is InChI=1S/C20H17N3O4/c1-14(16-7-4-8-18(11-16)23(25)26)21-22-20(24)13-27-19-10-9-15-5-2-3-6-17(15)12-19/h2-12H,13H2,1H3,(H,22,24)/b21-14-. The van der Waals surface area contributed by atoms with E-state index in [0.717, 1.165) is 10.8 Å². The molecule has 0 aliphatic heterocycles. The first kappa shape index (κ1) is 18.1. The number of benzene rings is 3. The Morgan fingerprint density at radius 3 is 2.63 bits per heavy atom. The molecule has 3 rings (SSSR count). The van der Waals surface area contributed by atoms with Crippen LogP contribution in [0, 0.1) is 10.1 Å². The number of nitrogens with one attached hydrogen (secondary N) is 1. The number of fused-ring (bicyclic) bond motifs is 1. The monoisotopic (exact) mass is 363 g/mol. The Bertz CT molecular complexity index is 1030. The van der Waals surface area contributed by atoms with E-state index in [-0.39, 0.29) is 12.3 Å². The molecule has 0 bridgehead atoms. The van der Waals surface area contributed by atoms with Gasteiger partial charge in [0.2, 0.25) is 0 Å². The van der Waals surface area contributed by atoms with Crippen molar-refractivity contribution >= 4 is 28.1 Å². The second-order valence-corrected chi connectivity index (χ2v) is 5.84. The van der Waals surface area contributed by atoms with E-state index in [2.05, 4.69) is 10.5 Å². The second kappa shape index (κ2) is 8.09. The fraction of sp³-hybridized carbons (Fsp3) is 0.100. The summed E-state index contributed by atoms with van der Waals surface area (Å²) < 4.78 is 5.49. The zero-order chi connectivity index (χ0) is 19.2. The number of hydrazone groups is 1. The Morgan fingerprint density at radius 1 is 1.07 bits per heavy atom. The Morgan fingerprint density at radius 2 is 1.85 bits per heavy atom. The van der Waals surface area contributed by atoms with Crippen molar-refractivity contribution in [2.24, 2.45) is 5.10 Å². The first-order chi connectivity index (χ1) is 13.0. The minimum Gasteiger partial charge on any atom is -0.484 e. The van der Waals surface area contributed by atoms with Gasteiger partial charge in [0, 0.05) is 17.7 Å². The first-order valence-corrected chi connectivity index (χ1v) is 8.22. The van der Waals surface area contributed by atoms with Gasteiger partial charge in [-0.3, -0.25) is 14.9 Å². The molecule has 0 aliphatic rings. The van der Waals surface area contributed by atoms with Crippen LogP contribution in [-0.2, 0) is 4.79 Å². The quantitative estimate of drug-likeness (QED) is 0.411. The summed E-state index contributed by atoms with van der Waals surface area (Å²) in [6.07, 6.45) is 0. The van der Waals surface area contributed by atoms with Gasteiger partial charge in [-0.1, -0.05) is 42.5 Å². The van der Waals surface area contributed by atoms with Gasteiger partial charge < -0.3 is 4.74 Å². The van der Waals surface area contributed by atoms with E-state index in [9.17, 15) is 14.9 Å². The summed E-state index contributed by atoms with van der Waals surface area (Å²) in [7, 11) is 0. The van der Waals surface area contributed by atoms with Gasteiger partial charge in [0.05, 0.1) is 10.6 Å². The summed E-state index contributed by atoms with van der Waals surface area (Å²) in [4.78, 5) is 22.3. The van der Waals surface area contributed by atoms with Crippen LogP contribution < -0.4 is 10.2 Å². The van der Waals surface area contributed by atoms with Crippen LogP contribution in [0.25, 0.3) is 10.8 Å². The molecule has 0 aromatic heterocycles. The second-order valence-electron chi connectivity index (χ2n) is 5.84. The number of carbonyl (C=O) groups is 1. The Labute approximate surface area is 155 Å². The van der Waals surface area contributed by atoms with Crippen LogP contribution in [0.1, 0.15) is 12.5 Å². The van der Waals surface area contributed by atoms with E-state index in [1.165, 1.54) is 12.1 Å². The summed E-state index contributed by atoms with van der Waals surface area (Å²) in [5.41, 5.74) is 3.37. The van der Waals surface area contributed by atoms with Gasteiger partial charge in [-0.2, -0.15) is 5.10 Å². The lowest BCUT2D eigenvalue weighted by Crippen LogP contribution is -2.25. The predicted molar refractivity (Wildman–Crippen MR) is 103 cm³/mol. The Balaban J connectivity index is 1.59. The number of hydrogen-bond donors (Lipinski definition) is 1. The summed E-state index contributed by atoms with van der Waals surface area (Å²) in [6.45, 7) is 1.47. The van der Waals surface area contributed by atoms with Crippen molar-refractivity contribution in [1.29, 1.82) is 0 Å². The van der Waals surface area contributed by atoms with Gasteiger partial charge in [0.15, 0.2) is 6.61 Å². The lowest BCUT2D eigenvalue weighted by atomic mass is 10.1. The smallest absolute Gasteiger partial charge is 0.277 e. The molecule has 0 aliphatic carbocycles. The van der Waals surface area contributed by atoms with E-state index in [1.54, 1.807) is 25.1 Å². The van der Waals surface area contributed by atoms with Crippen molar-refractivity contribution < 1.29 is 14.5 Å². The Kier molecular flexibility index (Phi) is 5.41. The SMILES string of the molecule is C/C(=N/NC(=O)COc1ccc2ccccc2c1)c1cccc([N+](=O)[O-])c1. The fourth-order valence-corrected chi connectivity index (χ4v) is 2.49. The van der Waals surface area contributed by atoms with Gasteiger partial charge in [-0.15, -0.1) is 0 Å². The topological polar surface area (TPSA) is 93.8 Å². The molecule has 0 heterocycles. The van der Waals surface area contributed by atoms with Crippen LogP contribution in [-0.4, -0.2) is 23.1 Å².